The average Bonchev–Trinajstić information content (AvgIpc) is 3.22. The highest BCUT2D eigenvalue weighted by Gasteiger charge is 2.08. The molecule has 0 saturated carbocycles. The van der Waals surface area contributed by atoms with E-state index in [0.717, 1.165) is 17.5 Å². The largest absolute Gasteiger partial charge is 0.465 e. The van der Waals surface area contributed by atoms with Crippen molar-refractivity contribution < 1.29 is 18.7 Å². The first-order valence-corrected chi connectivity index (χ1v) is 9.27. The lowest BCUT2D eigenvalue weighted by molar-refractivity contribution is -0.120. The quantitative estimate of drug-likeness (QED) is 0.376. The van der Waals surface area contributed by atoms with Gasteiger partial charge in [-0.2, -0.15) is 5.10 Å². The fraction of sp³-hybridized carbons (Fsp3) is 0.174. The number of hydrazone groups is 1. The number of nitrogens with one attached hydrogen (secondary N) is 1. The van der Waals surface area contributed by atoms with Gasteiger partial charge in [0.15, 0.2) is 0 Å². The zero-order valence-corrected chi connectivity index (χ0v) is 16.3. The molecule has 0 atom stereocenters. The van der Waals surface area contributed by atoms with Gasteiger partial charge in [-0.05, 0) is 41.8 Å². The molecule has 3 rings (SSSR count). The summed E-state index contributed by atoms with van der Waals surface area (Å²) in [4.78, 5) is 23.5. The van der Waals surface area contributed by atoms with Gasteiger partial charge in [0.25, 0.3) is 0 Å². The molecule has 6 heteroatoms. The number of carbonyl (C=O) groups excluding carboxylic acids is 2. The third kappa shape index (κ3) is 5.42. The maximum atomic E-state index is 12.0. The second kappa shape index (κ2) is 9.50. The van der Waals surface area contributed by atoms with Crippen molar-refractivity contribution in [3.05, 3.63) is 83.1 Å². The second-order valence-corrected chi connectivity index (χ2v) is 6.41. The van der Waals surface area contributed by atoms with Gasteiger partial charge in [0.05, 0.1) is 25.3 Å². The molecular weight excluding hydrogens is 368 g/mol. The summed E-state index contributed by atoms with van der Waals surface area (Å²) in [5.41, 5.74) is 5.96. The minimum atomic E-state index is -0.388. The summed E-state index contributed by atoms with van der Waals surface area (Å²) < 4.78 is 10.4. The van der Waals surface area contributed by atoms with Gasteiger partial charge >= 0.3 is 5.97 Å². The van der Waals surface area contributed by atoms with Gasteiger partial charge in [0.2, 0.25) is 5.91 Å². The number of hydrogen-bond acceptors (Lipinski definition) is 5. The van der Waals surface area contributed by atoms with E-state index in [2.05, 4.69) is 22.2 Å². The molecule has 0 aliphatic heterocycles. The summed E-state index contributed by atoms with van der Waals surface area (Å²) in [6.45, 7) is 2.09. The predicted octanol–water partition coefficient (Wildman–Crippen LogP) is 3.99. The van der Waals surface area contributed by atoms with Crippen LogP contribution in [-0.2, 0) is 22.4 Å². The molecule has 0 radical (unpaired) electrons. The molecule has 0 spiro atoms. The third-order valence-electron chi connectivity index (χ3n) is 4.39. The van der Waals surface area contributed by atoms with Crippen molar-refractivity contribution in [1.29, 1.82) is 0 Å². The molecule has 6 nitrogen and oxygen atoms in total. The third-order valence-corrected chi connectivity index (χ3v) is 4.39. The number of rotatable bonds is 7. The van der Waals surface area contributed by atoms with Crippen LogP contribution in [0.5, 0.6) is 0 Å². The van der Waals surface area contributed by atoms with Crippen molar-refractivity contribution >= 4 is 18.1 Å². The summed E-state index contributed by atoms with van der Waals surface area (Å²) in [6, 6.07) is 18.4. The van der Waals surface area contributed by atoms with Crippen molar-refractivity contribution in [2.75, 3.05) is 7.11 Å². The standard InChI is InChI=1S/C23H22N2O4/c1-3-16-4-6-17(7-5-16)14-22(26)25-24-15-20-12-13-21(29-20)18-8-10-19(11-9-18)23(27)28-2/h4-13,15H,3,14H2,1-2H3,(H,25,26)/b24-15-. The monoisotopic (exact) mass is 390 g/mol. The van der Waals surface area contributed by atoms with Crippen LogP contribution in [0.1, 0.15) is 34.2 Å². The molecule has 0 saturated heterocycles. The normalized spacial score (nSPS) is 10.8. The Morgan fingerprint density at radius 3 is 2.34 bits per heavy atom. The zero-order valence-electron chi connectivity index (χ0n) is 16.3. The van der Waals surface area contributed by atoms with Gasteiger partial charge in [-0.25, -0.2) is 10.2 Å². The molecule has 29 heavy (non-hydrogen) atoms. The molecule has 1 N–H and O–H groups in total. The Hall–Kier alpha value is -3.67. The number of carbonyl (C=O) groups is 2. The van der Waals surface area contributed by atoms with Gasteiger partial charge in [-0.15, -0.1) is 0 Å². The van der Waals surface area contributed by atoms with Crippen molar-refractivity contribution in [2.45, 2.75) is 19.8 Å². The highest BCUT2D eigenvalue weighted by atomic mass is 16.5. The van der Waals surface area contributed by atoms with Gasteiger partial charge in [0, 0.05) is 5.56 Å². The lowest BCUT2D eigenvalue weighted by Crippen LogP contribution is -2.19. The Balaban J connectivity index is 1.55. The van der Waals surface area contributed by atoms with E-state index in [1.54, 1.807) is 36.4 Å². The highest BCUT2D eigenvalue weighted by Crippen LogP contribution is 2.22. The minimum absolute atomic E-state index is 0.198. The number of benzene rings is 2. The number of hydrogen-bond donors (Lipinski definition) is 1. The number of furan rings is 1. The van der Waals surface area contributed by atoms with E-state index in [0.29, 0.717) is 17.1 Å². The van der Waals surface area contributed by atoms with Crippen molar-refractivity contribution in [1.82, 2.24) is 5.43 Å². The SMILES string of the molecule is CCc1ccc(CC(=O)N/N=C\c2ccc(-c3ccc(C(=O)OC)cc3)o2)cc1. The van der Waals surface area contributed by atoms with E-state index in [1.807, 2.05) is 24.3 Å². The lowest BCUT2D eigenvalue weighted by atomic mass is 10.1. The van der Waals surface area contributed by atoms with E-state index < -0.39 is 0 Å². The van der Waals surface area contributed by atoms with Gasteiger partial charge in [0.1, 0.15) is 11.5 Å². The van der Waals surface area contributed by atoms with Crippen LogP contribution < -0.4 is 5.43 Å². The zero-order chi connectivity index (χ0) is 20.6. The number of methoxy groups -OCH3 is 1. The van der Waals surface area contributed by atoms with Crippen molar-refractivity contribution in [3.63, 3.8) is 0 Å². The van der Waals surface area contributed by atoms with Crippen LogP contribution in [0.4, 0.5) is 0 Å². The molecule has 2 aromatic carbocycles. The highest BCUT2D eigenvalue weighted by molar-refractivity contribution is 5.90. The van der Waals surface area contributed by atoms with Crippen molar-refractivity contribution in [3.8, 4) is 11.3 Å². The molecular formula is C23H22N2O4. The number of nitrogens with zero attached hydrogens (tertiary/aromatic N) is 1. The van der Waals surface area contributed by atoms with Crippen LogP contribution in [0.3, 0.4) is 0 Å². The first kappa shape index (κ1) is 20.1. The Labute approximate surface area is 169 Å². The Morgan fingerprint density at radius 1 is 1.00 bits per heavy atom. The number of amides is 1. The lowest BCUT2D eigenvalue weighted by Gasteiger charge is -2.02. The summed E-state index contributed by atoms with van der Waals surface area (Å²) >= 11 is 0. The van der Waals surface area contributed by atoms with Gasteiger partial charge in [-0.3, -0.25) is 4.79 Å². The van der Waals surface area contributed by atoms with Gasteiger partial charge in [-0.1, -0.05) is 43.3 Å². The maximum absolute atomic E-state index is 12.0. The molecule has 0 aliphatic rings. The van der Waals surface area contributed by atoms with E-state index in [9.17, 15) is 9.59 Å². The second-order valence-electron chi connectivity index (χ2n) is 6.41. The molecule has 0 bridgehead atoms. The van der Waals surface area contributed by atoms with Crippen LogP contribution in [0.15, 0.2) is 70.2 Å². The van der Waals surface area contributed by atoms with Gasteiger partial charge < -0.3 is 9.15 Å². The van der Waals surface area contributed by atoms with Crippen LogP contribution in [0.25, 0.3) is 11.3 Å². The number of aryl methyl sites for hydroxylation is 1. The molecule has 148 valence electrons. The fourth-order valence-electron chi connectivity index (χ4n) is 2.75. The van der Waals surface area contributed by atoms with Crippen molar-refractivity contribution in [2.24, 2.45) is 5.10 Å². The Morgan fingerprint density at radius 2 is 1.69 bits per heavy atom. The minimum Gasteiger partial charge on any atom is -0.465 e. The molecule has 3 aromatic rings. The molecule has 1 heterocycles. The summed E-state index contributed by atoms with van der Waals surface area (Å²) in [5.74, 6) is 0.548. The molecule has 1 aromatic heterocycles. The molecule has 1 amide bonds. The van der Waals surface area contributed by atoms with E-state index in [4.69, 9.17) is 4.42 Å². The summed E-state index contributed by atoms with van der Waals surface area (Å²) in [5, 5.41) is 3.95. The summed E-state index contributed by atoms with van der Waals surface area (Å²) in [6.07, 6.45) is 2.68. The maximum Gasteiger partial charge on any atom is 0.337 e. The number of esters is 1. The fourth-order valence-corrected chi connectivity index (χ4v) is 2.75. The topological polar surface area (TPSA) is 80.9 Å². The average molecular weight is 390 g/mol. The smallest absolute Gasteiger partial charge is 0.337 e. The Bertz CT molecular complexity index is 1000. The number of ether oxygens (including phenoxy) is 1. The Kier molecular flexibility index (Phi) is 6.58. The van der Waals surface area contributed by atoms with E-state index >= 15 is 0 Å². The summed E-state index contributed by atoms with van der Waals surface area (Å²) in [7, 11) is 1.34. The van der Waals surface area contributed by atoms with Crippen LogP contribution >= 0.6 is 0 Å². The van der Waals surface area contributed by atoms with E-state index in [1.165, 1.54) is 18.9 Å². The van der Waals surface area contributed by atoms with Crippen LogP contribution in [-0.4, -0.2) is 25.2 Å². The molecule has 0 aliphatic carbocycles. The van der Waals surface area contributed by atoms with E-state index in [-0.39, 0.29) is 18.3 Å². The van der Waals surface area contributed by atoms with Crippen LogP contribution in [0, 0.1) is 0 Å². The first-order valence-electron chi connectivity index (χ1n) is 9.27. The molecule has 0 fully saturated rings. The van der Waals surface area contributed by atoms with Crippen LogP contribution in [0.2, 0.25) is 0 Å². The molecule has 0 unspecified atom stereocenters. The predicted molar refractivity (Wildman–Crippen MR) is 111 cm³/mol. The first-order chi connectivity index (χ1) is 14.1.